The number of carbonyl (C=O) groups excluding carboxylic acids is 6. The molecule has 3 spiro atoms. The van der Waals surface area contributed by atoms with Gasteiger partial charge in [-0.05, 0) is 131 Å². The third kappa shape index (κ3) is 12.2. The zero-order chi connectivity index (χ0) is 65.6. The lowest BCUT2D eigenvalue weighted by molar-refractivity contribution is -0.586. The molecule has 0 amide bonds. The number of hydrogen-bond donors (Lipinski definition) is 1. The Bertz CT molecular complexity index is 2980. The average molecular weight is 1330 g/mol. The van der Waals surface area contributed by atoms with Gasteiger partial charge >= 0.3 is 35.8 Å². The van der Waals surface area contributed by atoms with Crippen LogP contribution in [0.4, 0.5) is 5.69 Å². The molecule has 1 unspecified atom stereocenters. The number of benzene rings is 1. The van der Waals surface area contributed by atoms with Crippen molar-refractivity contribution in [3.63, 3.8) is 0 Å². The summed E-state index contributed by atoms with van der Waals surface area (Å²) in [5.41, 5.74) is -4.62. The first kappa shape index (κ1) is 67.2. The minimum absolute atomic E-state index is 0.0657. The minimum atomic E-state index is -1.75. The maximum atomic E-state index is 13.9. The van der Waals surface area contributed by atoms with Gasteiger partial charge in [0.25, 0.3) is 0 Å². The van der Waals surface area contributed by atoms with Crippen LogP contribution in [0.25, 0.3) is 0 Å². The van der Waals surface area contributed by atoms with Gasteiger partial charge in [-0.2, -0.15) is 0 Å². The molecule has 26 heteroatoms. The third-order valence-corrected chi connectivity index (χ3v) is 24.1. The van der Waals surface area contributed by atoms with Gasteiger partial charge in [0.2, 0.25) is 30.4 Å². The van der Waals surface area contributed by atoms with Crippen LogP contribution in [0.15, 0.2) is 24.3 Å². The molecule has 12 aliphatic heterocycles. The third-order valence-electron chi connectivity index (χ3n) is 23.9. The fourth-order valence-electron chi connectivity index (χ4n) is 18.3. The first-order valence-electron chi connectivity index (χ1n) is 34.0. The quantitative estimate of drug-likeness (QED) is 0.0722. The van der Waals surface area contributed by atoms with Gasteiger partial charge in [0, 0.05) is 65.0 Å². The predicted molar refractivity (Wildman–Crippen MR) is 317 cm³/mol. The van der Waals surface area contributed by atoms with Gasteiger partial charge in [0.05, 0.1) is 38.5 Å². The van der Waals surface area contributed by atoms with Crippen LogP contribution in [0.1, 0.15) is 178 Å². The molecule has 15 fully saturated rings. The van der Waals surface area contributed by atoms with Crippen LogP contribution in [0.2, 0.25) is 5.02 Å². The standard InChI is InChI=1S/C67H92ClNO24/c1-35-10-16-46-38(4)55(83-58-65(46)43(35)18-25-54(82-58)88-91-65)79-51(73)22-19-48(70)76-32-64(69-42-14-12-41(68)13-15-42,33-77-49(71)20-23-52(74)80-56-39(5)47-17-11-36(2)44-27-30-62(8)86-59(84-56)66(44,47)92-89-62)34-78-50(72)21-24-53(75)81-57-40(6)61(7)29-26-37(3)45-28-31-63(9)87-60(85-57)67(45,61)93-90-63/h12-15,35-40,43-47,54-60,69H,10-11,16-34H2,1-9H3/t35-,36-,37-,38-,39-,40+,43+,44+,45+,46+,47+,54-,55-,56-,57-,58+,59-,60-,61+,62-,63-,64?,65-,66-,67+/m1/s1. The lowest BCUT2D eigenvalue weighted by Crippen LogP contribution is -2.74. The summed E-state index contributed by atoms with van der Waals surface area (Å²) in [7, 11) is 0. The highest BCUT2D eigenvalue weighted by Crippen LogP contribution is 2.67. The SMILES string of the molecule is C[C@H]1[C@H](OC(=O)CCC(=O)OCC(COC(=O)CCC(=O)O[C@@H]2O[C@@H]3O[C@H]4CC[C@H]5[C@H](C)CC[C@@H]([C@H]2C)[C@@]35OO4)(COC(=O)CCC(=O)O[C@@H]2O[C@@H]3O[C@@]4(C)CC[C@H]5[C@H](C)CC[C@@](C)([C@H]2C)[C@@]35OO4)Nc2ccc(Cl)cc2)O[C@@H]2O[C@@]3(C)CC[C@H]4[C@H](C)CC[C@@H]1[C@@]24OO3. The van der Waals surface area contributed by atoms with Crippen LogP contribution >= 0.6 is 11.6 Å². The Morgan fingerprint density at radius 1 is 0.484 bits per heavy atom. The van der Waals surface area contributed by atoms with Crippen LogP contribution in [0, 0.1) is 70.5 Å². The number of nitrogens with one attached hydrogen (secondary N) is 1. The maximum absolute atomic E-state index is 13.9. The highest BCUT2D eigenvalue weighted by Gasteiger charge is 2.75. The van der Waals surface area contributed by atoms with E-state index in [4.69, 9.17) is 97.8 Å². The molecule has 6 bridgehead atoms. The zero-order valence-electron chi connectivity index (χ0n) is 54.7. The average Bonchev–Trinajstić information content (AvgIpc) is 1.69. The summed E-state index contributed by atoms with van der Waals surface area (Å²) in [6.45, 7) is 16.4. The van der Waals surface area contributed by atoms with E-state index in [9.17, 15) is 28.8 Å². The van der Waals surface area contributed by atoms with Gasteiger partial charge < -0.3 is 62.2 Å². The second kappa shape index (κ2) is 25.8. The molecule has 25 atom stereocenters. The van der Waals surface area contributed by atoms with E-state index in [0.29, 0.717) is 47.7 Å². The lowest BCUT2D eigenvalue weighted by atomic mass is 9.50. The van der Waals surface area contributed by atoms with Gasteiger partial charge in [0.1, 0.15) is 25.4 Å². The van der Waals surface area contributed by atoms with E-state index in [1.165, 1.54) is 0 Å². The minimum Gasteiger partial charge on any atom is -0.463 e. The van der Waals surface area contributed by atoms with Gasteiger partial charge in [-0.1, -0.05) is 60.1 Å². The number of fused-ring (bicyclic) bond motifs is 6. The number of halogens is 1. The van der Waals surface area contributed by atoms with Gasteiger partial charge in [-0.15, -0.1) is 0 Å². The van der Waals surface area contributed by atoms with E-state index in [-0.39, 0.29) is 47.3 Å². The van der Waals surface area contributed by atoms with Gasteiger partial charge in [-0.25, -0.2) is 29.3 Å². The molecule has 3 saturated carbocycles. The summed E-state index contributed by atoms with van der Waals surface area (Å²) >= 11 is 6.31. The Hall–Kier alpha value is -4.35. The second-order valence-electron chi connectivity index (χ2n) is 29.7. The molecular weight excluding hydrogens is 1240 g/mol. The number of rotatable bonds is 20. The normalized spacial score (nSPS) is 44.6. The smallest absolute Gasteiger partial charge is 0.308 e. The van der Waals surface area contributed by atoms with Crippen molar-refractivity contribution in [2.24, 2.45) is 70.5 Å². The molecule has 3 aliphatic carbocycles. The Morgan fingerprint density at radius 2 is 0.946 bits per heavy atom. The Balaban J connectivity index is 0.666. The van der Waals surface area contributed by atoms with Crippen molar-refractivity contribution >= 4 is 53.1 Å². The molecule has 0 aromatic heterocycles. The lowest BCUT2D eigenvalue weighted by Gasteiger charge is -2.65. The molecule has 516 valence electrons. The predicted octanol–water partition coefficient (Wildman–Crippen LogP) is 9.71. The summed E-state index contributed by atoms with van der Waals surface area (Å²) < 4.78 is 74.1. The molecule has 1 N–H and O–H groups in total. The monoisotopic (exact) mass is 1330 g/mol. The summed E-state index contributed by atoms with van der Waals surface area (Å²) in [5.74, 6) is -6.80. The fraction of sp³-hybridized carbons (Fsp3) is 0.821. The number of esters is 6. The number of anilines is 1. The van der Waals surface area contributed by atoms with E-state index in [1.807, 2.05) is 27.7 Å². The molecule has 16 rings (SSSR count). The highest BCUT2D eigenvalue weighted by molar-refractivity contribution is 6.30. The largest absolute Gasteiger partial charge is 0.463 e. The van der Waals surface area contributed by atoms with E-state index >= 15 is 0 Å². The maximum Gasteiger partial charge on any atom is 0.308 e. The topological polar surface area (TPSA) is 281 Å². The van der Waals surface area contributed by atoms with Gasteiger partial charge in [-0.3, -0.25) is 28.8 Å². The van der Waals surface area contributed by atoms with Crippen LogP contribution < -0.4 is 5.32 Å². The highest BCUT2D eigenvalue weighted by atomic mass is 35.5. The second-order valence-corrected chi connectivity index (χ2v) is 30.1. The number of ether oxygens (including phenoxy) is 12. The van der Waals surface area contributed by atoms with Crippen molar-refractivity contribution in [3.05, 3.63) is 29.3 Å². The Labute approximate surface area is 546 Å². The van der Waals surface area contributed by atoms with Crippen LogP contribution in [0.3, 0.4) is 0 Å². The zero-order valence-corrected chi connectivity index (χ0v) is 55.5. The molecule has 1 aromatic carbocycles. The summed E-state index contributed by atoms with van der Waals surface area (Å²) in [5, 5.41) is 3.63. The van der Waals surface area contributed by atoms with Gasteiger partial charge in [0.15, 0.2) is 42.0 Å². The van der Waals surface area contributed by atoms with E-state index in [0.717, 1.165) is 57.8 Å². The van der Waals surface area contributed by atoms with Crippen molar-refractivity contribution in [1.82, 2.24) is 0 Å². The van der Waals surface area contributed by atoms with E-state index in [2.05, 4.69) is 33.0 Å². The molecule has 25 nitrogen and oxygen atoms in total. The molecule has 15 aliphatic rings. The molecule has 93 heavy (non-hydrogen) atoms. The van der Waals surface area contributed by atoms with Crippen molar-refractivity contribution in [2.45, 2.75) is 256 Å². The Morgan fingerprint density at radius 3 is 1.53 bits per heavy atom. The first-order chi connectivity index (χ1) is 44.3. The van der Waals surface area contributed by atoms with Crippen molar-refractivity contribution < 1.29 is 115 Å². The molecule has 12 saturated heterocycles. The van der Waals surface area contributed by atoms with Crippen LogP contribution in [-0.2, 0) is 115 Å². The molecular formula is C67H92ClNO24. The van der Waals surface area contributed by atoms with Crippen molar-refractivity contribution in [2.75, 3.05) is 25.1 Å². The molecule has 0 radical (unpaired) electrons. The molecule has 1 aromatic rings. The van der Waals surface area contributed by atoms with Crippen molar-refractivity contribution in [1.29, 1.82) is 0 Å². The summed E-state index contributed by atoms with van der Waals surface area (Å²) in [6, 6.07) is 6.41. The van der Waals surface area contributed by atoms with Crippen molar-refractivity contribution in [3.8, 4) is 0 Å². The summed E-state index contributed by atoms with van der Waals surface area (Å²) in [6.07, 6.45) is 0.614. The number of carbonyl (C=O) groups is 6. The fourth-order valence-corrected chi connectivity index (χ4v) is 18.4. The summed E-state index contributed by atoms with van der Waals surface area (Å²) in [4.78, 5) is 119. The first-order valence-corrected chi connectivity index (χ1v) is 34.3. The molecule has 12 heterocycles. The van der Waals surface area contributed by atoms with Crippen LogP contribution in [-0.4, -0.2) is 134 Å². The van der Waals surface area contributed by atoms with E-state index < -0.39 is 178 Å². The Kier molecular flexibility index (Phi) is 18.7. The number of hydrogen-bond acceptors (Lipinski definition) is 25. The van der Waals surface area contributed by atoms with E-state index in [1.54, 1.807) is 31.2 Å². The van der Waals surface area contributed by atoms with Crippen LogP contribution in [0.5, 0.6) is 0 Å².